The van der Waals surface area contributed by atoms with E-state index < -0.39 is 0 Å². The summed E-state index contributed by atoms with van der Waals surface area (Å²) in [5.74, 6) is 0.732. The summed E-state index contributed by atoms with van der Waals surface area (Å²) in [5, 5.41) is 7.75. The maximum atomic E-state index is 4.33. The number of aromatic amines is 1. The smallest absolute Gasteiger partial charge is 0.182 e. The number of aromatic nitrogens is 6. The Labute approximate surface area is 132 Å². The number of H-pyrrole nitrogens is 1. The molecule has 0 saturated carbocycles. The highest BCUT2D eigenvalue weighted by atomic mass is 15.3. The van der Waals surface area contributed by atoms with Crippen LogP contribution in [0.25, 0.3) is 16.9 Å². The van der Waals surface area contributed by atoms with Crippen molar-refractivity contribution in [2.75, 3.05) is 5.32 Å². The third-order valence-electron chi connectivity index (χ3n) is 3.73. The van der Waals surface area contributed by atoms with Gasteiger partial charge in [0.2, 0.25) is 0 Å². The molecular weight excluding hydrogens is 290 g/mol. The van der Waals surface area contributed by atoms with Crippen molar-refractivity contribution >= 4 is 17.0 Å². The zero-order chi connectivity index (χ0) is 15.6. The fraction of sp³-hybridized carbons (Fsp3) is 0.125. The predicted molar refractivity (Wildman–Crippen MR) is 87.3 cm³/mol. The van der Waals surface area contributed by atoms with Crippen LogP contribution in [0.1, 0.15) is 18.5 Å². The molecule has 0 saturated heterocycles. The van der Waals surface area contributed by atoms with Crippen LogP contribution in [0.2, 0.25) is 0 Å². The Kier molecular flexibility index (Phi) is 3.23. The number of para-hydroxylation sites is 1. The van der Waals surface area contributed by atoms with E-state index in [1.165, 1.54) is 6.33 Å². The van der Waals surface area contributed by atoms with Crippen LogP contribution < -0.4 is 5.32 Å². The van der Waals surface area contributed by atoms with Gasteiger partial charge in [-0.2, -0.15) is 5.10 Å². The van der Waals surface area contributed by atoms with Crippen LogP contribution in [0.4, 0.5) is 5.82 Å². The first-order valence-corrected chi connectivity index (χ1v) is 7.32. The number of hydrogen-bond donors (Lipinski definition) is 2. The number of benzene rings is 1. The van der Waals surface area contributed by atoms with Gasteiger partial charge in [-0.1, -0.05) is 18.2 Å². The van der Waals surface area contributed by atoms with Crippen LogP contribution in [-0.4, -0.2) is 29.7 Å². The molecule has 7 heteroatoms. The Morgan fingerprint density at radius 1 is 1.13 bits per heavy atom. The number of anilines is 1. The van der Waals surface area contributed by atoms with Gasteiger partial charge in [0.05, 0.1) is 18.1 Å². The van der Waals surface area contributed by atoms with E-state index >= 15 is 0 Å². The average molecular weight is 305 g/mol. The van der Waals surface area contributed by atoms with E-state index in [-0.39, 0.29) is 6.04 Å². The zero-order valence-electron chi connectivity index (χ0n) is 12.5. The van der Waals surface area contributed by atoms with Crippen molar-refractivity contribution in [2.24, 2.45) is 0 Å². The molecule has 0 amide bonds. The Morgan fingerprint density at radius 2 is 2.04 bits per heavy atom. The largest absolute Gasteiger partial charge is 0.362 e. The van der Waals surface area contributed by atoms with E-state index in [9.17, 15) is 0 Å². The van der Waals surface area contributed by atoms with Gasteiger partial charge in [0.15, 0.2) is 11.5 Å². The van der Waals surface area contributed by atoms with Gasteiger partial charge in [-0.25, -0.2) is 19.6 Å². The van der Waals surface area contributed by atoms with Gasteiger partial charge in [0, 0.05) is 12.4 Å². The average Bonchev–Trinajstić information content (AvgIpc) is 3.27. The highest BCUT2D eigenvalue weighted by Crippen LogP contribution is 2.25. The Bertz CT molecular complexity index is 926. The van der Waals surface area contributed by atoms with E-state index in [0.717, 1.165) is 22.6 Å². The Morgan fingerprint density at radius 3 is 2.91 bits per heavy atom. The molecule has 4 rings (SSSR count). The summed E-state index contributed by atoms with van der Waals surface area (Å²) < 4.78 is 1.86. The van der Waals surface area contributed by atoms with Gasteiger partial charge >= 0.3 is 0 Å². The molecule has 0 aliphatic carbocycles. The SMILES string of the molecule is CC(Nc1ncnc2nc[nH]c12)c1ccccc1-n1cccn1. The van der Waals surface area contributed by atoms with E-state index in [0.29, 0.717) is 5.65 Å². The topological polar surface area (TPSA) is 84.3 Å². The lowest BCUT2D eigenvalue weighted by molar-refractivity contribution is 0.814. The quantitative estimate of drug-likeness (QED) is 0.605. The van der Waals surface area contributed by atoms with Gasteiger partial charge in [-0.15, -0.1) is 0 Å². The molecule has 0 radical (unpaired) electrons. The van der Waals surface area contributed by atoms with Gasteiger partial charge in [0.1, 0.15) is 11.8 Å². The number of hydrogen-bond acceptors (Lipinski definition) is 5. The maximum Gasteiger partial charge on any atom is 0.182 e. The van der Waals surface area contributed by atoms with Crippen LogP contribution in [0, 0.1) is 0 Å². The summed E-state index contributed by atoms with van der Waals surface area (Å²) in [6.07, 6.45) is 6.83. The highest BCUT2D eigenvalue weighted by molar-refractivity contribution is 5.82. The van der Waals surface area contributed by atoms with Crippen molar-refractivity contribution in [1.29, 1.82) is 0 Å². The fourth-order valence-corrected chi connectivity index (χ4v) is 2.63. The molecule has 1 atom stereocenters. The van der Waals surface area contributed by atoms with Crippen molar-refractivity contribution in [3.05, 3.63) is 60.9 Å². The monoisotopic (exact) mass is 305 g/mol. The summed E-state index contributed by atoms with van der Waals surface area (Å²) >= 11 is 0. The third-order valence-corrected chi connectivity index (χ3v) is 3.73. The van der Waals surface area contributed by atoms with Gasteiger partial charge in [-0.05, 0) is 24.6 Å². The molecular formula is C16H15N7. The minimum Gasteiger partial charge on any atom is -0.362 e. The minimum atomic E-state index is 0.0387. The molecule has 7 nitrogen and oxygen atoms in total. The first-order valence-electron chi connectivity index (χ1n) is 7.32. The molecule has 23 heavy (non-hydrogen) atoms. The van der Waals surface area contributed by atoms with Crippen molar-refractivity contribution in [1.82, 2.24) is 29.7 Å². The highest BCUT2D eigenvalue weighted by Gasteiger charge is 2.14. The standard InChI is InChI=1S/C16H15N7/c1-11(22-16-14-15(18-9-17-14)19-10-20-16)12-5-2-3-6-13(12)23-8-4-7-21-23/h2-11H,1H3,(H2,17,18,19,20,22). The van der Waals surface area contributed by atoms with Gasteiger partial charge in [-0.3, -0.25) is 0 Å². The molecule has 3 aromatic heterocycles. The number of fused-ring (bicyclic) bond motifs is 1. The van der Waals surface area contributed by atoms with Crippen molar-refractivity contribution < 1.29 is 0 Å². The third kappa shape index (κ3) is 2.42. The number of nitrogens with one attached hydrogen (secondary N) is 2. The Balaban J connectivity index is 1.70. The first-order chi connectivity index (χ1) is 11.3. The number of imidazole rings is 1. The fourth-order valence-electron chi connectivity index (χ4n) is 2.63. The van der Waals surface area contributed by atoms with Crippen LogP contribution in [0.5, 0.6) is 0 Å². The molecule has 0 spiro atoms. The number of nitrogens with zero attached hydrogens (tertiary/aromatic N) is 5. The van der Waals surface area contributed by atoms with Crippen LogP contribution in [0.15, 0.2) is 55.4 Å². The number of rotatable bonds is 4. The molecule has 1 unspecified atom stereocenters. The summed E-state index contributed by atoms with van der Waals surface area (Å²) in [4.78, 5) is 15.7. The molecule has 3 heterocycles. The lowest BCUT2D eigenvalue weighted by Gasteiger charge is -2.18. The molecule has 0 aliphatic heterocycles. The minimum absolute atomic E-state index is 0.0387. The lowest BCUT2D eigenvalue weighted by Crippen LogP contribution is -2.12. The molecule has 0 aliphatic rings. The van der Waals surface area contributed by atoms with Crippen molar-refractivity contribution in [2.45, 2.75) is 13.0 Å². The summed E-state index contributed by atoms with van der Waals surface area (Å²) in [6, 6.07) is 10.1. The summed E-state index contributed by atoms with van der Waals surface area (Å²) in [7, 11) is 0. The predicted octanol–water partition coefficient (Wildman–Crippen LogP) is 2.71. The molecule has 0 fully saturated rings. The summed E-state index contributed by atoms with van der Waals surface area (Å²) in [5.41, 5.74) is 3.61. The second-order valence-corrected chi connectivity index (χ2v) is 5.20. The molecule has 4 aromatic rings. The van der Waals surface area contributed by atoms with Crippen LogP contribution in [0.3, 0.4) is 0 Å². The van der Waals surface area contributed by atoms with E-state index in [1.807, 2.05) is 35.1 Å². The molecule has 114 valence electrons. The molecule has 1 aromatic carbocycles. The zero-order valence-corrected chi connectivity index (χ0v) is 12.5. The molecule has 0 bridgehead atoms. The lowest BCUT2D eigenvalue weighted by atomic mass is 10.1. The van der Waals surface area contributed by atoms with Crippen LogP contribution >= 0.6 is 0 Å². The summed E-state index contributed by atoms with van der Waals surface area (Å²) in [6.45, 7) is 2.09. The Hall–Kier alpha value is -3.22. The van der Waals surface area contributed by atoms with Crippen molar-refractivity contribution in [3.8, 4) is 5.69 Å². The normalized spacial score (nSPS) is 12.4. The maximum absolute atomic E-state index is 4.33. The van der Waals surface area contributed by atoms with Crippen LogP contribution in [-0.2, 0) is 0 Å². The first kappa shape index (κ1) is 13.4. The van der Waals surface area contributed by atoms with E-state index in [1.54, 1.807) is 12.5 Å². The van der Waals surface area contributed by atoms with Gasteiger partial charge < -0.3 is 10.3 Å². The van der Waals surface area contributed by atoms with E-state index in [2.05, 4.69) is 43.3 Å². The van der Waals surface area contributed by atoms with Crippen molar-refractivity contribution in [3.63, 3.8) is 0 Å². The van der Waals surface area contributed by atoms with E-state index in [4.69, 9.17) is 0 Å². The second-order valence-electron chi connectivity index (χ2n) is 5.20. The second kappa shape index (κ2) is 5.53. The van der Waals surface area contributed by atoms with Gasteiger partial charge in [0.25, 0.3) is 0 Å². The molecule has 2 N–H and O–H groups in total.